The number of hydrogen-bond donors (Lipinski definition) is 1. The third kappa shape index (κ3) is 1.94. The Morgan fingerprint density at radius 2 is 2.00 bits per heavy atom. The number of ether oxygens (including phenoxy) is 1. The first kappa shape index (κ1) is 11.5. The predicted molar refractivity (Wildman–Crippen MR) is 67.0 cm³/mol. The van der Waals surface area contributed by atoms with Gasteiger partial charge < -0.3 is 10.1 Å². The van der Waals surface area contributed by atoms with Gasteiger partial charge in [0.15, 0.2) is 0 Å². The van der Waals surface area contributed by atoms with Crippen molar-refractivity contribution in [2.24, 2.45) is 5.92 Å². The molecule has 1 aliphatic carbocycles. The highest BCUT2D eigenvalue weighted by atomic mass is 16.5. The molecule has 1 fully saturated rings. The summed E-state index contributed by atoms with van der Waals surface area (Å²) in [6.45, 7) is 2.34. The van der Waals surface area contributed by atoms with Crippen LogP contribution in [-0.2, 0) is 0 Å². The average Bonchev–Trinajstić information content (AvgIpc) is 2.70. The molecule has 2 nitrogen and oxygen atoms in total. The summed E-state index contributed by atoms with van der Waals surface area (Å²) in [6.07, 6.45) is 2.52. The van der Waals surface area contributed by atoms with Crippen LogP contribution in [0.4, 0.5) is 0 Å². The molecule has 88 valence electrons. The number of para-hydroxylation sites is 1. The SMILES string of the molecule is CNC1CCC(c2ccccc2OC)C1C. The Morgan fingerprint density at radius 1 is 1.25 bits per heavy atom. The van der Waals surface area contributed by atoms with Crippen molar-refractivity contribution in [2.75, 3.05) is 14.2 Å². The smallest absolute Gasteiger partial charge is 0.122 e. The van der Waals surface area contributed by atoms with Crippen LogP contribution in [0.15, 0.2) is 24.3 Å². The van der Waals surface area contributed by atoms with Crippen LogP contribution in [0.5, 0.6) is 5.75 Å². The van der Waals surface area contributed by atoms with Gasteiger partial charge in [-0.3, -0.25) is 0 Å². The fourth-order valence-corrected chi connectivity index (χ4v) is 2.98. The van der Waals surface area contributed by atoms with Crippen molar-refractivity contribution in [3.8, 4) is 5.75 Å². The predicted octanol–water partition coefficient (Wildman–Crippen LogP) is 2.80. The van der Waals surface area contributed by atoms with Crippen molar-refractivity contribution in [3.63, 3.8) is 0 Å². The summed E-state index contributed by atoms with van der Waals surface area (Å²) in [5.74, 6) is 2.35. The van der Waals surface area contributed by atoms with Crippen LogP contribution in [0.3, 0.4) is 0 Å². The quantitative estimate of drug-likeness (QED) is 0.844. The Balaban J connectivity index is 2.24. The van der Waals surface area contributed by atoms with Crippen LogP contribution in [0.25, 0.3) is 0 Å². The number of benzene rings is 1. The van der Waals surface area contributed by atoms with Gasteiger partial charge in [0.25, 0.3) is 0 Å². The van der Waals surface area contributed by atoms with Gasteiger partial charge in [-0.15, -0.1) is 0 Å². The molecule has 0 aromatic heterocycles. The van der Waals surface area contributed by atoms with Gasteiger partial charge in [-0.25, -0.2) is 0 Å². The summed E-state index contributed by atoms with van der Waals surface area (Å²) in [4.78, 5) is 0. The number of nitrogens with one attached hydrogen (secondary N) is 1. The summed E-state index contributed by atoms with van der Waals surface area (Å²) in [7, 11) is 3.82. The minimum Gasteiger partial charge on any atom is -0.496 e. The molecule has 0 amide bonds. The second kappa shape index (κ2) is 4.88. The Hall–Kier alpha value is -1.02. The molecular weight excluding hydrogens is 198 g/mol. The maximum absolute atomic E-state index is 5.45. The van der Waals surface area contributed by atoms with E-state index in [1.54, 1.807) is 7.11 Å². The molecule has 3 unspecified atom stereocenters. The van der Waals surface area contributed by atoms with E-state index in [-0.39, 0.29) is 0 Å². The molecule has 0 bridgehead atoms. The first-order valence-corrected chi connectivity index (χ1v) is 6.08. The van der Waals surface area contributed by atoms with Crippen LogP contribution in [0.2, 0.25) is 0 Å². The summed E-state index contributed by atoms with van der Waals surface area (Å²) in [6, 6.07) is 9.07. The fourth-order valence-electron chi connectivity index (χ4n) is 2.98. The van der Waals surface area contributed by atoms with E-state index in [4.69, 9.17) is 4.74 Å². The molecule has 1 aromatic rings. The molecule has 0 radical (unpaired) electrons. The maximum atomic E-state index is 5.45. The molecule has 0 aliphatic heterocycles. The highest BCUT2D eigenvalue weighted by Crippen LogP contribution is 2.42. The topological polar surface area (TPSA) is 21.3 Å². The lowest BCUT2D eigenvalue weighted by atomic mass is 9.88. The van der Waals surface area contributed by atoms with Gasteiger partial charge in [0.05, 0.1) is 7.11 Å². The van der Waals surface area contributed by atoms with Crippen molar-refractivity contribution in [1.29, 1.82) is 0 Å². The van der Waals surface area contributed by atoms with Gasteiger partial charge in [0, 0.05) is 6.04 Å². The van der Waals surface area contributed by atoms with E-state index >= 15 is 0 Å². The van der Waals surface area contributed by atoms with E-state index < -0.39 is 0 Å². The summed E-state index contributed by atoms with van der Waals surface area (Å²) in [5.41, 5.74) is 1.37. The molecule has 2 heteroatoms. The van der Waals surface area contributed by atoms with E-state index in [1.807, 2.05) is 6.07 Å². The van der Waals surface area contributed by atoms with Gasteiger partial charge in [0.2, 0.25) is 0 Å². The maximum Gasteiger partial charge on any atom is 0.122 e. The molecule has 16 heavy (non-hydrogen) atoms. The molecule has 3 atom stereocenters. The Labute approximate surface area is 98.0 Å². The third-order valence-corrected chi connectivity index (χ3v) is 3.97. The first-order valence-electron chi connectivity index (χ1n) is 6.08. The molecule has 1 N–H and O–H groups in total. The van der Waals surface area contributed by atoms with Gasteiger partial charge in [0.1, 0.15) is 5.75 Å². The molecule has 2 rings (SSSR count). The highest BCUT2D eigenvalue weighted by molar-refractivity contribution is 5.37. The lowest BCUT2D eigenvalue weighted by molar-refractivity contribution is 0.388. The molecular formula is C14H21NO. The van der Waals surface area contributed by atoms with E-state index in [1.165, 1.54) is 18.4 Å². The lowest BCUT2D eigenvalue weighted by Crippen LogP contribution is -2.28. The average molecular weight is 219 g/mol. The van der Waals surface area contributed by atoms with Crippen molar-refractivity contribution < 1.29 is 4.74 Å². The Morgan fingerprint density at radius 3 is 2.62 bits per heavy atom. The lowest BCUT2D eigenvalue weighted by Gasteiger charge is -2.22. The van der Waals surface area contributed by atoms with Crippen molar-refractivity contribution in [3.05, 3.63) is 29.8 Å². The standard InChI is InChI=1S/C14H21NO/c1-10-11(8-9-13(10)15-2)12-6-4-5-7-14(12)16-3/h4-7,10-11,13,15H,8-9H2,1-3H3. The highest BCUT2D eigenvalue weighted by Gasteiger charge is 2.33. The fraction of sp³-hybridized carbons (Fsp3) is 0.571. The van der Waals surface area contributed by atoms with E-state index in [0.29, 0.717) is 17.9 Å². The van der Waals surface area contributed by atoms with Crippen molar-refractivity contribution in [2.45, 2.75) is 31.7 Å². The zero-order valence-electron chi connectivity index (χ0n) is 10.4. The van der Waals surface area contributed by atoms with Crippen LogP contribution >= 0.6 is 0 Å². The zero-order chi connectivity index (χ0) is 11.5. The van der Waals surface area contributed by atoms with Gasteiger partial charge >= 0.3 is 0 Å². The number of methoxy groups -OCH3 is 1. The summed E-state index contributed by atoms with van der Waals surface area (Å²) < 4.78 is 5.45. The van der Waals surface area contributed by atoms with E-state index in [2.05, 4.69) is 37.5 Å². The van der Waals surface area contributed by atoms with Crippen molar-refractivity contribution >= 4 is 0 Å². The Kier molecular flexibility index (Phi) is 3.49. The van der Waals surface area contributed by atoms with Gasteiger partial charge in [-0.2, -0.15) is 0 Å². The minimum absolute atomic E-state index is 0.633. The first-order chi connectivity index (χ1) is 7.77. The van der Waals surface area contributed by atoms with Crippen molar-refractivity contribution in [1.82, 2.24) is 5.32 Å². The van der Waals surface area contributed by atoms with E-state index in [0.717, 1.165) is 5.75 Å². The molecule has 1 saturated carbocycles. The van der Waals surface area contributed by atoms with E-state index in [9.17, 15) is 0 Å². The molecule has 0 heterocycles. The molecule has 0 spiro atoms. The molecule has 1 aliphatic rings. The largest absolute Gasteiger partial charge is 0.496 e. The zero-order valence-corrected chi connectivity index (χ0v) is 10.4. The van der Waals surface area contributed by atoms with Gasteiger partial charge in [-0.1, -0.05) is 25.1 Å². The monoisotopic (exact) mass is 219 g/mol. The van der Waals surface area contributed by atoms with Crippen LogP contribution < -0.4 is 10.1 Å². The molecule has 0 saturated heterocycles. The summed E-state index contributed by atoms with van der Waals surface area (Å²) in [5, 5.41) is 3.41. The normalized spacial score (nSPS) is 29.3. The number of hydrogen-bond acceptors (Lipinski definition) is 2. The summed E-state index contributed by atoms with van der Waals surface area (Å²) >= 11 is 0. The van der Waals surface area contributed by atoms with Crippen LogP contribution in [0.1, 0.15) is 31.2 Å². The third-order valence-electron chi connectivity index (χ3n) is 3.97. The minimum atomic E-state index is 0.633. The van der Waals surface area contributed by atoms with Crippen LogP contribution in [-0.4, -0.2) is 20.2 Å². The second-order valence-corrected chi connectivity index (χ2v) is 4.68. The molecule has 1 aromatic carbocycles. The Bertz CT molecular complexity index is 350. The number of rotatable bonds is 3. The second-order valence-electron chi connectivity index (χ2n) is 4.68. The van der Waals surface area contributed by atoms with Crippen LogP contribution in [0, 0.1) is 5.92 Å². The van der Waals surface area contributed by atoms with Gasteiger partial charge in [-0.05, 0) is 43.4 Å².